The highest BCUT2D eigenvalue weighted by molar-refractivity contribution is 5.82. The summed E-state index contributed by atoms with van der Waals surface area (Å²) in [5, 5.41) is 0. The molecular weight excluding hydrogens is 280 g/mol. The first-order valence-electron chi connectivity index (χ1n) is 7.62. The fourth-order valence-corrected chi connectivity index (χ4v) is 3.33. The molecule has 0 bridgehead atoms. The second-order valence-corrected chi connectivity index (χ2v) is 6.73. The molecule has 0 aliphatic heterocycles. The Balaban J connectivity index is 2.06. The fourth-order valence-electron chi connectivity index (χ4n) is 3.33. The third-order valence-corrected chi connectivity index (χ3v) is 5.37. The van der Waals surface area contributed by atoms with Crippen molar-refractivity contribution in [1.29, 1.82) is 0 Å². The summed E-state index contributed by atoms with van der Waals surface area (Å²) in [6, 6.07) is 9.60. The van der Waals surface area contributed by atoms with Crippen LogP contribution in [0, 0.1) is 16.7 Å². The van der Waals surface area contributed by atoms with Gasteiger partial charge in [0, 0.05) is 0 Å². The normalized spacial score (nSPS) is 26.5. The van der Waals surface area contributed by atoms with Crippen molar-refractivity contribution in [2.24, 2.45) is 16.7 Å². The summed E-state index contributed by atoms with van der Waals surface area (Å²) in [5.74, 6) is -0.780. The fraction of sp³-hybridized carbons (Fsp3) is 0.556. The Morgan fingerprint density at radius 1 is 1.18 bits per heavy atom. The van der Waals surface area contributed by atoms with Crippen molar-refractivity contribution in [1.82, 2.24) is 0 Å². The molecule has 2 rings (SSSR count). The predicted octanol–water partition coefficient (Wildman–Crippen LogP) is 3.35. The maximum absolute atomic E-state index is 12.5. The Morgan fingerprint density at radius 2 is 1.82 bits per heavy atom. The van der Waals surface area contributed by atoms with E-state index in [0.717, 1.165) is 5.56 Å². The number of carbonyl (C=O) groups excluding carboxylic acids is 2. The van der Waals surface area contributed by atoms with Crippen LogP contribution in [0.15, 0.2) is 30.3 Å². The summed E-state index contributed by atoms with van der Waals surface area (Å²) in [4.78, 5) is 24.6. The first-order valence-corrected chi connectivity index (χ1v) is 7.62. The topological polar surface area (TPSA) is 52.6 Å². The predicted molar refractivity (Wildman–Crippen MR) is 82.9 cm³/mol. The molecule has 1 aromatic rings. The van der Waals surface area contributed by atoms with Crippen LogP contribution in [0.1, 0.15) is 39.2 Å². The van der Waals surface area contributed by atoms with Crippen LogP contribution >= 0.6 is 0 Å². The van der Waals surface area contributed by atoms with Crippen LogP contribution in [-0.4, -0.2) is 19.0 Å². The molecule has 22 heavy (non-hydrogen) atoms. The van der Waals surface area contributed by atoms with Crippen LogP contribution < -0.4 is 0 Å². The van der Waals surface area contributed by atoms with Gasteiger partial charge in [-0.15, -0.1) is 0 Å². The highest BCUT2D eigenvalue weighted by Crippen LogP contribution is 2.56. The van der Waals surface area contributed by atoms with Gasteiger partial charge in [-0.2, -0.15) is 0 Å². The van der Waals surface area contributed by atoms with Gasteiger partial charge in [-0.1, -0.05) is 44.2 Å². The lowest BCUT2D eigenvalue weighted by Crippen LogP contribution is -2.43. The Morgan fingerprint density at radius 3 is 2.41 bits per heavy atom. The Bertz CT molecular complexity index is 549. The quantitative estimate of drug-likeness (QED) is 0.801. The number of methoxy groups -OCH3 is 1. The van der Waals surface area contributed by atoms with Crippen LogP contribution in [0.4, 0.5) is 0 Å². The summed E-state index contributed by atoms with van der Waals surface area (Å²) in [6.07, 6.45) is 1.28. The second kappa shape index (κ2) is 6.11. The van der Waals surface area contributed by atoms with Gasteiger partial charge in [-0.25, -0.2) is 0 Å². The smallest absolute Gasteiger partial charge is 0.312 e. The average molecular weight is 304 g/mol. The van der Waals surface area contributed by atoms with Crippen LogP contribution in [-0.2, 0) is 25.7 Å². The lowest BCUT2D eigenvalue weighted by molar-refractivity contribution is -0.163. The van der Waals surface area contributed by atoms with Crippen LogP contribution in [0.5, 0.6) is 0 Å². The first-order chi connectivity index (χ1) is 10.3. The molecule has 120 valence electrons. The molecule has 0 heterocycles. The number of carbonyl (C=O) groups is 2. The number of hydrogen-bond donors (Lipinski definition) is 0. The monoisotopic (exact) mass is 304 g/mol. The molecule has 0 N–H and O–H groups in total. The van der Waals surface area contributed by atoms with Crippen molar-refractivity contribution in [2.45, 2.75) is 40.2 Å². The van der Waals surface area contributed by atoms with Gasteiger partial charge in [-0.3, -0.25) is 9.59 Å². The van der Waals surface area contributed by atoms with Crippen molar-refractivity contribution in [3.63, 3.8) is 0 Å². The van der Waals surface area contributed by atoms with E-state index in [1.54, 1.807) is 0 Å². The molecule has 0 radical (unpaired) electrons. The van der Waals surface area contributed by atoms with E-state index >= 15 is 0 Å². The molecule has 1 saturated carbocycles. The molecule has 1 aliphatic rings. The number of rotatable bonds is 4. The summed E-state index contributed by atoms with van der Waals surface area (Å²) >= 11 is 0. The Labute approximate surface area is 131 Å². The number of ether oxygens (including phenoxy) is 2. The molecule has 0 aromatic heterocycles. The highest BCUT2D eigenvalue weighted by Gasteiger charge is 2.59. The van der Waals surface area contributed by atoms with Crippen molar-refractivity contribution in [3.8, 4) is 0 Å². The minimum atomic E-state index is -0.655. The molecule has 4 heteroatoms. The molecule has 1 aliphatic carbocycles. The Kier molecular flexibility index (Phi) is 4.59. The highest BCUT2D eigenvalue weighted by atomic mass is 16.5. The lowest BCUT2D eigenvalue weighted by Gasteiger charge is -2.38. The minimum Gasteiger partial charge on any atom is -0.469 e. The van der Waals surface area contributed by atoms with Crippen molar-refractivity contribution in [3.05, 3.63) is 35.9 Å². The van der Waals surface area contributed by atoms with Crippen LogP contribution in [0.3, 0.4) is 0 Å². The van der Waals surface area contributed by atoms with Gasteiger partial charge in [0.2, 0.25) is 0 Å². The molecule has 0 saturated heterocycles. The maximum atomic E-state index is 12.5. The van der Waals surface area contributed by atoms with E-state index in [1.807, 2.05) is 51.1 Å². The molecule has 0 spiro atoms. The summed E-state index contributed by atoms with van der Waals surface area (Å²) in [7, 11) is 1.39. The maximum Gasteiger partial charge on any atom is 0.312 e. The van der Waals surface area contributed by atoms with Crippen molar-refractivity contribution in [2.75, 3.05) is 7.11 Å². The lowest BCUT2D eigenvalue weighted by atomic mass is 9.65. The number of esters is 2. The zero-order valence-electron chi connectivity index (χ0n) is 13.7. The van der Waals surface area contributed by atoms with Gasteiger partial charge in [0.05, 0.1) is 18.4 Å². The van der Waals surface area contributed by atoms with Crippen molar-refractivity contribution < 1.29 is 19.1 Å². The van der Waals surface area contributed by atoms with Crippen LogP contribution in [0.25, 0.3) is 0 Å². The zero-order chi connectivity index (χ0) is 16.4. The summed E-state index contributed by atoms with van der Waals surface area (Å²) in [5.41, 5.74) is -0.186. The molecular formula is C18H24O4. The van der Waals surface area contributed by atoms with Crippen LogP contribution in [0.2, 0.25) is 0 Å². The van der Waals surface area contributed by atoms with E-state index in [2.05, 4.69) is 0 Å². The molecule has 4 nitrogen and oxygen atoms in total. The number of hydrogen-bond acceptors (Lipinski definition) is 4. The van der Waals surface area contributed by atoms with Crippen molar-refractivity contribution >= 4 is 11.9 Å². The molecule has 0 unspecified atom stereocenters. The summed E-state index contributed by atoms with van der Waals surface area (Å²) in [6.45, 7) is 6.04. The molecule has 1 fully saturated rings. The van der Waals surface area contributed by atoms with Gasteiger partial charge in [0.15, 0.2) is 0 Å². The summed E-state index contributed by atoms with van der Waals surface area (Å²) < 4.78 is 10.4. The third-order valence-electron chi connectivity index (χ3n) is 5.37. The SMILES string of the molecule is COC(=O)[C@@]1(C)CC[C@H](C(=O)OCc2ccccc2)C1(C)C. The molecule has 2 atom stereocenters. The van der Waals surface area contributed by atoms with E-state index in [-0.39, 0.29) is 24.5 Å². The van der Waals surface area contributed by atoms with E-state index in [9.17, 15) is 9.59 Å². The molecule has 1 aromatic carbocycles. The van der Waals surface area contributed by atoms with Gasteiger partial charge < -0.3 is 9.47 Å². The van der Waals surface area contributed by atoms with E-state index in [1.165, 1.54) is 7.11 Å². The van der Waals surface area contributed by atoms with E-state index in [4.69, 9.17) is 9.47 Å². The average Bonchev–Trinajstić information content (AvgIpc) is 2.76. The molecule has 0 amide bonds. The number of benzene rings is 1. The largest absolute Gasteiger partial charge is 0.469 e. The van der Waals surface area contributed by atoms with Gasteiger partial charge in [-0.05, 0) is 30.7 Å². The Hall–Kier alpha value is -1.84. The third kappa shape index (κ3) is 2.74. The van der Waals surface area contributed by atoms with E-state index in [0.29, 0.717) is 12.8 Å². The second-order valence-electron chi connectivity index (χ2n) is 6.73. The van der Waals surface area contributed by atoms with E-state index < -0.39 is 10.8 Å². The minimum absolute atomic E-state index is 0.235. The van der Waals surface area contributed by atoms with Gasteiger partial charge in [0.25, 0.3) is 0 Å². The van der Waals surface area contributed by atoms with Gasteiger partial charge >= 0.3 is 11.9 Å². The zero-order valence-corrected chi connectivity index (χ0v) is 13.7. The first kappa shape index (κ1) is 16.5. The van der Waals surface area contributed by atoms with Gasteiger partial charge in [0.1, 0.15) is 6.61 Å². The standard InChI is InChI=1S/C18H24O4/c1-17(2)14(10-11-18(17,3)16(20)21-4)15(19)22-12-13-8-6-5-7-9-13/h5-9,14H,10-12H2,1-4H3/t14-,18-/m1/s1.